The summed E-state index contributed by atoms with van der Waals surface area (Å²) in [6.07, 6.45) is 2.01. The summed E-state index contributed by atoms with van der Waals surface area (Å²) in [5.41, 5.74) is 1.00. The molecule has 2 rings (SSSR count). The van der Waals surface area contributed by atoms with Crippen LogP contribution in [-0.2, 0) is 11.3 Å². The van der Waals surface area contributed by atoms with E-state index in [1.54, 1.807) is 4.57 Å². The first-order valence-electron chi connectivity index (χ1n) is 8.31. The zero-order chi connectivity index (χ0) is 17.9. The summed E-state index contributed by atoms with van der Waals surface area (Å²) in [5, 5.41) is 4.31. The van der Waals surface area contributed by atoms with Crippen LogP contribution in [0.3, 0.4) is 0 Å². The highest BCUT2D eigenvalue weighted by Crippen LogP contribution is 2.28. The van der Waals surface area contributed by atoms with Crippen molar-refractivity contribution in [3.8, 4) is 0 Å². The van der Waals surface area contributed by atoms with Crippen LogP contribution in [0.25, 0.3) is 10.2 Å². The van der Waals surface area contributed by atoms with Gasteiger partial charge in [-0.1, -0.05) is 25.1 Å². The largest absolute Gasteiger partial charge is 0.353 e. The number of nitrogens with one attached hydrogen (secondary N) is 1. The predicted molar refractivity (Wildman–Crippen MR) is 102 cm³/mol. The normalized spacial score (nSPS) is 12.5. The Labute approximate surface area is 150 Å². The lowest BCUT2D eigenvalue weighted by atomic mass is 10.2. The summed E-state index contributed by atoms with van der Waals surface area (Å²) in [4.78, 5) is 31.3. The number of hydrogen-bond acceptors (Lipinski definition) is 5. The quantitative estimate of drug-likeness (QED) is 0.601. The van der Waals surface area contributed by atoms with Crippen molar-refractivity contribution in [1.29, 1.82) is 0 Å². The number of fused-ring (bicyclic) bond motifs is 1. The van der Waals surface area contributed by atoms with Gasteiger partial charge >= 0.3 is 0 Å². The molecule has 7 heteroatoms. The van der Waals surface area contributed by atoms with E-state index in [1.807, 2.05) is 27.7 Å². The van der Waals surface area contributed by atoms with Gasteiger partial charge in [0.2, 0.25) is 5.91 Å². The van der Waals surface area contributed by atoms with E-state index >= 15 is 0 Å². The highest BCUT2D eigenvalue weighted by molar-refractivity contribution is 7.99. The molecule has 24 heavy (non-hydrogen) atoms. The second-order valence-electron chi connectivity index (χ2n) is 5.95. The van der Waals surface area contributed by atoms with E-state index in [0.29, 0.717) is 17.1 Å². The van der Waals surface area contributed by atoms with E-state index in [-0.39, 0.29) is 23.3 Å². The second-order valence-corrected chi connectivity index (χ2v) is 8.10. The Hall–Kier alpha value is -1.34. The molecular weight excluding hydrogens is 342 g/mol. The molecule has 1 N–H and O–H groups in total. The molecular formula is C17H25N3O2S2. The van der Waals surface area contributed by atoms with Gasteiger partial charge in [0, 0.05) is 17.5 Å². The van der Waals surface area contributed by atoms with Gasteiger partial charge in [-0.25, -0.2) is 4.98 Å². The fourth-order valence-electron chi connectivity index (χ4n) is 2.65. The summed E-state index contributed by atoms with van der Waals surface area (Å²) >= 11 is 2.87. The first-order chi connectivity index (χ1) is 11.4. The van der Waals surface area contributed by atoms with E-state index in [4.69, 9.17) is 0 Å². The fraction of sp³-hybridized carbons (Fsp3) is 0.588. The first-order valence-corrected chi connectivity index (χ1v) is 10.1. The number of nitrogens with zero attached hydrogens (tertiary/aromatic N) is 2. The molecule has 0 aliphatic heterocycles. The second kappa shape index (κ2) is 8.16. The Bertz CT molecular complexity index is 795. The molecule has 2 heterocycles. The van der Waals surface area contributed by atoms with Gasteiger partial charge < -0.3 is 5.32 Å². The van der Waals surface area contributed by atoms with Crippen molar-refractivity contribution in [1.82, 2.24) is 14.9 Å². The van der Waals surface area contributed by atoms with Gasteiger partial charge in [0.05, 0.1) is 11.1 Å². The number of amides is 1. The van der Waals surface area contributed by atoms with Crippen LogP contribution >= 0.6 is 23.1 Å². The molecule has 0 radical (unpaired) electrons. The maximum atomic E-state index is 12.7. The van der Waals surface area contributed by atoms with Gasteiger partial charge in [-0.05, 0) is 39.7 Å². The van der Waals surface area contributed by atoms with Crippen LogP contribution in [0.1, 0.15) is 44.1 Å². The maximum Gasteiger partial charge on any atom is 0.263 e. The molecule has 0 aliphatic carbocycles. The average molecular weight is 368 g/mol. The van der Waals surface area contributed by atoms with Gasteiger partial charge in [0.1, 0.15) is 4.83 Å². The van der Waals surface area contributed by atoms with Gasteiger partial charge in [0.25, 0.3) is 5.56 Å². The highest BCUT2D eigenvalue weighted by atomic mass is 32.2. The molecule has 1 amide bonds. The zero-order valence-corrected chi connectivity index (χ0v) is 16.6. The standard InChI is InChI=1S/C17H25N3O2S2/c1-6-8-10(3)18-13(21)9-23-17-19-15-14(11(4)12(5)24-15)16(22)20(17)7-2/h10H,6-9H2,1-5H3,(H,18,21)/t10-/m1/s1. The van der Waals surface area contributed by atoms with Crippen molar-refractivity contribution in [2.45, 2.75) is 65.2 Å². The van der Waals surface area contributed by atoms with Crippen molar-refractivity contribution in [3.63, 3.8) is 0 Å². The average Bonchev–Trinajstić information content (AvgIpc) is 2.80. The third-order valence-corrected chi connectivity index (χ3v) is 6.11. The number of aromatic nitrogens is 2. The molecule has 0 bridgehead atoms. The zero-order valence-electron chi connectivity index (χ0n) is 14.9. The molecule has 132 valence electrons. The number of thioether (sulfide) groups is 1. The number of thiophene rings is 1. The summed E-state index contributed by atoms with van der Waals surface area (Å²) in [7, 11) is 0. The molecule has 0 saturated heterocycles. The smallest absolute Gasteiger partial charge is 0.263 e. The Kier molecular flexibility index (Phi) is 6.46. The molecule has 0 aliphatic rings. The molecule has 0 fully saturated rings. The summed E-state index contributed by atoms with van der Waals surface area (Å²) in [5.74, 6) is 0.256. The fourth-order valence-corrected chi connectivity index (χ4v) is 4.59. The molecule has 2 aromatic rings. The monoisotopic (exact) mass is 367 g/mol. The lowest BCUT2D eigenvalue weighted by Crippen LogP contribution is -2.34. The molecule has 0 spiro atoms. The lowest BCUT2D eigenvalue weighted by molar-refractivity contribution is -0.119. The topological polar surface area (TPSA) is 64.0 Å². The van der Waals surface area contributed by atoms with E-state index in [1.165, 1.54) is 23.1 Å². The minimum atomic E-state index is -0.0171. The van der Waals surface area contributed by atoms with E-state index in [9.17, 15) is 9.59 Å². The number of aryl methyl sites for hydroxylation is 2. The van der Waals surface area contributed by atoms with E-state index < -0.39 is 0 Å². The van der Waals surface area contributed by atoms with Crippen LogP contribution in [0, 0.1) is 13.8 Å². The minimum Gasteiger partial charge on any atom is -0.353 e. The Morgan fingerprint density at radius 1 is 1.38 bits per heavy atom. The van der Waals surface area contributed by atoms with Crippen LogP contribution in [0.15, 0.2) is 9.95 Å². The van der Waals surface area contributed by atoms with E-state index in [2.05, 4.69) is 17.2 Å². The van der Waals surface area contributed by atoms with Crippen LogP contribution in [0.4, 0.5) is 0 Å². The van der Waals surface area contributed by atoms with Crippen molar-refractivity contribution >= 4 is 39.2 Å². The van der Waals surface area contributed by atoms with Crippen molar-refractivity contribution < 1.29 is 4.79 Å². The Balaban J connectivity index is 2.23. The van der Waals surface area contributed by atoms with E-state index in [0.717, 1.165) is 28.1 Å². The van der Waals surface area contributed by atoms with Crippen LogP contribution in [-0.4, -0.2) is 27.3 Å². The number of hydrogen-bond donors (Lipinski definition) is 1. The van der Waals surface area contributed by atoms with Crippen molar-refractivity contribution in [3.05, 3.63) is 20.8 Å². The number of carbonyl (C=O) groups is 1. The van der Waals surface area contributed by atoms with Crippen LogP contribution < -0.4 is 10.9 Å². The summed E-state index contributed by atoms with van der Waals surface area (Å²) < 4.78 is 1.66. The first kappa shape index (κ1) is 19.0. The molecule has 0 aromatic carbocycles. The Morgan fingerprint density at radius 2 is 2.08 bits per heavy atom. The third kappa shape index (κ3) is 4.00. The van der Waals surface area contributed by atoms with Gasteiger partial charge in [-0.3, -0.25) is 14.2 Å². The highest BCUT2D eigenvalue weighted by Gasteiger charge is 2.17. The molecule has 2 aromatic heterocycles. The molecule has 5 nitrogen and oxygen atoms in total. The SMILES string of the molecule is CCC[C@@H](C)NC(=O)CSc1nc2sc(C)c(C)c2c(=O)n1CC. The third-order valence-electron chi connectivity index (χ3n) is 4.03. The van der Waals surface area contributed by atoms with Gasteiger partial charge in [-0.2, -0.15) is 0 Å². The predicted octanol–water partition coefficient (Wildman–Crippen LogP) is 3.49. The van der Waals surface area contributed by atoms with Crippen molar-refractivity contribution in [2.24, 2.45) is 0 Å². The maximum absolute atomic E-state index is 12.7. The summed E-state index contributed by atoms with van der Waals surface area (Å²) in [6, 6.07) is 0.175. The molecule has 0 unspecified atom stereocenters. The van der Waals surface area contributed by atoms with Gasteiger partial charge in [0.15, 0.2) is 5.16 Å². The van der Waals surface area contributed by atoms with Crippen LogP contribution in [0.2, 0.25) is 0 Å². The minimum absolute atomic E-state index is 0.00777. The van der Waals surface area contributed by atoms with Crippen LogP contribution in [0.5, 0.6) is 0 Å². The molecule has 1 atom stereocenters. The molecule has 0 saturated carbocycles. The Morgan fingerprint density at radius 3 is 2.71 bits per heavy atom. The summed E-state index contributed by atoms with van der Waals surface area (Å²) in [6.45, 7) is 10.6. The van der Waals surface area contributed by atoms with Gasteiger partial charge in [-0.15, -0.1) is 11.3 Å². The lowest BCUT2D eigenvalue weighted by Gasteiger charge is -2.13. The number of carbonyl (C=O) groups excluding carboxylic acids is 1. The van der Waals surface area contributed by atoms with Crippen molar-refractivity contribution in [2.75, 3.05) is 5.75 Å². The number of rotatable bonds is 7.